The first kappa shape index (κ1) is 27.8. The largest absolute Gasteiger partial charge is 0.460 e. The molecule has 0 aliphatic heterocycles. The van der Waals surface area contributed by atoms with Crippen LogP contribution in [0.5, 0.6) is 0 Å². The van der Waals surface area contributed by atoms with Gasteiger partial charge in [-0.3, -0.25) is 14.9 Å². The van der Waals surface area contributed by atoms with Gasteiger partial charge in [-0.05, 0) is 49.1 Å². The summed E-state index contributed by atoms with van der Waals surface area (Å²) < 4.78 is 12.3. The predicted octanol–water partition coefficient (Wildman–Crippen LogP) is 5.15. The Bertz CT molecular complexity index is 1630. The van der Waals surface area contributed by atoms with E-state index < -0.39 is 28.6 Å². The van der Waals surface area contributed by atoms with Crippen LogP contribution in [0.2, 0.25) is 0 Å². The number of carbonyl (C=O) groups excluding carboxylic acids is 2. The van der Waals surface area contributed by atoms with Gasteiger partial charge in [0, 0.05) is 18.1 Å². The number of nitrogens with one attached hydrogen (secondary N) is 1. The minimum atomic E-state index is -1.08. The molecule has 1 aliphatic carbocycles. The van der Waals surface area contributed by atoms with Crippen molar-refractivity contribution in [2.75, 3.05) is 6.61 Å². The third-order valence-electron chi connectivity index (χ3n) is 6.57. The van der Waals surface area contributed by atoms with E-state index in [-0.39, 0.29) is 35.1 Å². The molecule has 0 fully saturated rings. The molecule has 1 aromatic heterocycles. The van der Waals surface area contributed by atoms with Crippen LogP contribution in [0.1, 0.15) is 44.2 Å². The lowest BCUT2D eigenvalue weighted by molar-refractivity contribution is -0.384. The van der Waals surface area contributed by atoms with Crippen LogP contribution in [0.15, 0.2) is 66.7 Å². The summed E-state index contributed by atoms with van der Waals surface area (Å²) in [6.45, 7) is 5.23. The van der Waals surface area contributed by atoms with Crippen molar-refractivity contribution in [1.29, 1.82) is 0 Å². The number of aromatic nitrogens is 3. The number of rotatable bonds is 7. The standard InChI is InChI=1S/C29H27N5O6S/c1-29(2,3)40-26(35)15-24(27(41)33-25-14-17(34(37)38)12-13-23(25)31-32-33)30-28(36)39-16-22-20-10-6-4-8-18(20)19-9-5-7-11-21(19)22/h4-14,22,24H,15-16H2,1-3H3,(H,30,36)/t24-/m0/s1. The van der Waals surface area contributed by atoms with E-state index >= 15 is 0 Å². The number of carbonyl (C=O) groups is 2. The molecule has 41 heavy (non-hydrogen) atoms. The van der Waals surface area contributed by atoms with E-state index in [2.05, 4.69) is 15.6 Å². The monoisotopic (exact) mass is 573 g/mol. The molecule has 1 amide bonds. The minimum absolute atomic E-state index is 0.00707. The zero-order chi connectivity index (χ0) is 29.3. The summed E-state index contributed by atoms with van der Waals surface area (Å²) in [5.41, 5.74) is 3.95. The zero-order valence-corrected chi connectivity index (χ0v) is 23.4. The molecule has 1 atom stereocenters. The number of non-ortho nitro benzene ring substituents is 1. The van der Waals surface area contributed by atoms with Gasteiger partial charge in [-0.15, -0.1) is 5.10 Å². The van der Waals surface area contributed by atoms with Gasteiger partial charge in [-0.1, -0.05) is 66.0 Å². The number of fused-ring (bicyclic) bond motifs is 4. The summed E-state index contributed by atoms with van der Waals surface area (Å²) in [7, 11) is 0. The van der Waals surface area contributed by atoms with Gasteiger partial charge in [0.15, 0.2) is 0 Å². The van der Waals surface area contributed by atoms with Gasteiger partial charge in [0.25, 0.3) is 5.69 Å². The molecule has 0 saturated heterocycles. The van der Waals surface area contributed by atoms with Crippen LogP contribution in [0.4, 0.5) is 10.5 Å². The highest BCUT2D eigenvalue weighted by molar-refractivity contribution is 7.80. The summed E-state index contributed by atoms with van der Waals surface area (Å²) in [6, 6.07) is 18.9. The van der Waals surface area contributed by atoms with Gasteiger partial charge >= 0.3 is 12.1 Å². The van der Waals surface area contributed by atoms with Crippen LogP contribution in [0, 0.1) is 10.1 Å². The number of ether oxygens (including phenoxy) is 2. The molecule has 0 saturated carbocycles. The Labute approximate surface area is 240 Å². The number of esters is 1. The molecule has 4 aromatic rings. The van der Waals surface area contributed by atoms with E-state index in [4.69, 9.17) is 21.7 Å². The van der Waals surface area contributed by atoms with E-state index in [0.29, 0.717) is 5.52 Å². The fourth-order valence-electron chi connectivity index (χ4n) is 4.86. The van der Waals surface area contributed by atoms with Crippen molar-refractivity contribution in [1.82, 2.24) is 20.3 Å². The van der Waals surface area contributed by atoms with E-state index in [9.17, 15) is 19.7 Å². The average Bonchev–Trinajstić information content (AvgIpc) is 3.49. The molecule has 11 nitrogen and oxygen atoms in total. The van der Waals surface area contributed by atoms with Crippen molar-refractivity contribution in [3.63, 3.8) is 0 Å². The van der Waals surface area contributed by atoms with Crippen LogP contribution in [-0.4, -0.2) is 55.2 Å². The fraction of sp³-hybridized carbons (Fsp3) is 0.276. The fourth-order valence-corrected chi connectivity index (χ4v) is 5.14. The molecule has 0 bridgehead atoms. The minimum Gasteiger partial charge on any atom is -0.460 e. The molecule has 1 heterocycles. The molecule has 1 N–H and O–H groups in total. The Kier molecular flexibility index (Phi) is 7.50. The van der Waals surface area contributed by atoms with E-state index in [1.807, 2.05) is 48.5 Å². The number of nitrogens with zero attached hydrogens (tertiary/aromatic N) is 4. The number of hydrogen-bond acceptors (Lipinski definition) is 9. The van der Waals surface area contributed by atoms with Crippen LogP contribution >= 0.6 is 12.2 Å². The number of nitro benzene ring substituents is 1. The summed E-state index contributed by atoms with van der Waals surface area (Å²) >= 11 is 5.62. The maximum atomic E-state index is 13.1. The maximum Gasteiger partial charge on any atom is 0.407 e. The van der Waals surface area contributed by atoms with Crippen molar-refractivity contribution in [3.8, 4) is 11.1 Å². The second-order valence-corrected chi connectivity index (χ2v) is 11.0. The molecule has 0 spiro atoms. The molecule has 3 aromatic carbocycles. The lowest BCUT2D eigenvalue weighted by atomic mass is 9.98. The van der Waals surface area contributed by atoms with Gasteiger partial charge in [0.1, 0.15) is 28.2 Å². The van der Waals surface area contributed by atoms with Gasteiger partial charge in [0.05, 0.1) is 17.4 Å². The van der Waals surface area contributed by atoms with Crippen LogP contribution in [0.25, 0.3) is 22.2 Å². The SMILES string of the molecule is CC(C)(C)OC(=O)C[C@H](NC(=O)OCC1c2ccccc2-c2ccccc21)C(=S)n1nnc2ccc([N+](=O)[O-])cc21. The van der Waals surface area contributed by atoms with Crippen molar-refractivity contribution in [3.05, 3.63) is 88.0 Å². The summed E-state index contributed by atoms with van der Waals surface area (Å²) in [4.78, 5) is 36.6. The highest BCUT2D eigenvalue weighted by Crippen LogP contribution is 2.44. The Morgan fingerprint density at radius 3 is 2.32 bits per heavy atom. The van der Waals surface area contributed by atoms with Crippen molar-refractivity contribution in [2.45, 2.75) is 44.8 Å². The third kappa shape index (κ3) is 5.92. The number of benzene rings is 3. The predicted molar refractivity (Wildman–Crippen MR) is 155 cm³/mol. The van der Waals surface area contributed by atoms with Crippen molar-refractivity contribution < 1.29 is 24.0 Å². The average molecular weight is 574 g/mol. The molecule has 0 radical (unpaired) electrons. The van der Waals surface area contributed by atoms with Crippen molar-refractivity contribution in [2.24, 2.45) is 0 Å². The van der Waals surface area contributed by atoms with Gasteiger partial charge in [-0.2, -0.15) is 0 Å². The molecular formula is C29H27N5O6S. The van der Waals surface area contributed by atoms with Gasteiger partial charge in [-0.25, -0.2) is 9.48 Å². The quantitative estimate of drug-likeness (QED) is 0.138. The lowest BCUT2D eigenvalue weighted by Gasteiger charge is -2.23. The molecule has 5 rings (SSSR count). The molecule has 210 valence electrons. The molecule has 1 aliphatic rings. The maximum absolute atomic E-state index is 13.1. The van der Waals surface area contributed by atoms with E-state index in [0.717, 1.165) is 22.3 Å². The Morgan fingerprint density at radius 1 is 1.07 bits per heavy atom. The Morgan fingerprint density at radius 2 is 1.71 bits per heavy atom. The lowest BCUT2D eigenvalue weighted by Crippen LogP contribution is -2.45. The van der Waals surface area contributed by atoms with Crippen LogP contribution in [0.3, 0.4) is 0 Å². The number of thiocarbonyl (C=S) groups is 1. The van der Waals surface area contributed by atoms with E-state index in [1.165, 1.54) is 22.9 Å². The van der Waals surface area contributed by atoms with Gasteiger partial charge < -0.3 is 14.8 Å². The normalized spacial score (nSPS) is 13.2. The molecule has 0 unspecified atom stereocenters. The first-order valence-corrected chi connectivity index (χ1v) is 13.3. The summed E-state index contributed by atoms with van der Waals surface area (Å²) in [5.74, 6) is -0.775. The second-order valence-electron chi connectivity index (χ2n) is 10.6. The van der Waals surface area contributed by atoms with Crippen LogP contribution in [-0.2, 0) is 14.3 Å². The molecular weight excluding hydrogens is 546 g/mol. The first-order chi connectivity index (χ1) is 19.5. The highest BCUT2D eigenvalue weighted by atomic mass is 32.1. The smallest absolute Gasteiger partial charge is 0.407 e. The highest BCUT2D eigenvalue weighted by Gasteiger charge is 2.31. The van der Waals surface area contributed by atoms with E-state index in [1.54, 1.807) is 20.8 Å². The second kappa shape index (κ2) is 11.0. The number of alkyl carbamates (subject to hydrolysis) is 1. The third-order valence-corrected chi connectivity index (χ3v) is 7.03. The van der Waals surface area contributed by atoms with Crippen molar-refractivity contribution >= 4 is 46.0 Å². The topological polar surface area (TPSA) is 138 Å². The molecule has 12 heteroatoms. The van der Waals surface area contributed by atoms with Crippen LogP contribution < -0.4 is 5.32 Å². The first-order valence-electron chi connectivity index (χ1n) is 12.9. The number of nitro groups is 1. The number of hydrogen-bond donors (Lipinski definition) is 1. The Balaban J connectivity index is 1.37. The van der Waals surface area contributed by atoms with Gasteiger partial charge in [0.2, 0.25) is 0 Å². The number of amides is 1. The summed E-state index contributed by atoms with van der Waals surface area (Å²) in [6.07, 6.45) is -1.12. The Hall–Kier alpha value is -4.71. The zero-order valence-electron chi connectivity index (χ0n) is 22.6. The summed E-state index contributed by atoms with van der Waals surface area (Å²) in [5, 5.41) is 22.0.